The lowest BCUT2D eigenvalue weighted by Gasteiger charge is -2.05. The van der Waals surface area contributed by atoms with Crippen molar-refractivity contribution in [1.82, 2.24) is 14.8 Å². The van der Waals surface area contributed by atoms with Gasteiger partial charge >= 0.3 is 0 Å². The molecule has 0 spiro atoms. The van der Waals surface area contributed by atoms with E-state index < -0.39 is 0 Å². The van der Waals surface area contributed by atoms with E-state index in [1.54, 1.807) is 7.11 Å². The molecule has 1 aromatic carbocycles. The molecule has 0 unspecified atom stereocenters. The summed E-state index contributed by atoms with van der Waals surface area (Å²) < 4.78 is 7.58. The molecule has 1 heterocycles. The largest absolute Gasteiger partial charge is 0.384 e. The second-order valence-electron chi connectivity index (χ2n) is 3.36. The number of aromatic amines is 1. The van der Waals surface area contributed by atoms with Crippen molar-refractivity contribution in [1.29, 1.82) is 0 Å². The number of H-pyrrole nitrogens is 1. The molecule has 2 aromatic rings. The van der Waals surface area contributed by atoms with Crippen LogP contribution in [-0.4, -0.2) is 28.5 Å². The predicted octanol–water partition coefficient (Wildman–Crippen LogP) is 2.12. The van der Waals surface area contributed by atoms with Crippen molar-refractivity contribution in [3.63, 3.8) is 0 Å². The molecular formula is C11H13N3OS. The smallest absolute Gasteiger partial charge is 0.199 e. The van der Waals surface area contributed by atoms with E-state index in [4.69, 9.17) is 17.0 Å². The van der Waals surface area contributed by atoms with Gasteiger partial charge in [-0.15, -0.1) is 0 Å². The number of rotatable bonds is 4. The zero-order valence-corrected chi connectivity index (χ0v) is 9.83. The van der Waals surface area contributed by atoms with Gasteiger partial charge in [-0.2, -0.15) is 5.10 Å². The van der Waals surface area contributed by atoms with Gasteiger partial charge in [0.05, 0.1) is 6.61 Å². The maximum Gasteiger partial charge on any atom is 0.199 e. The molecule has 0 aliphatic rings. The number of hydrogen-bond donors (Lipinski definition) is 1. The fraction of sp³-hybridized carbons (Fsp3) is 0.273. The third kappa shape index (κ3) is 2.20. The maximum atomic E-state index is 5.21. The van der Waals surface area contributed by atoms with Gasteiger partial charge in [0.25, 0.3) is 0 Å². The fourth-order valence-electron chi connectivity index (χ4n) is 1.53. The summed E-state index contributed by atoms with van der Waals surface area (Å²) in [5.74, 6) is 0.887. The third-order valence-electron chi connectivity index (χ3n) is 2.29. The highest BCUT2D eigenvalue weighted by atomic mass is 32.1. The topological polar surface area (TPSA) is 42.8 Å². The van der Waals surface area contributed by atoms with Crippen LogP contribution >= 0.6 is 12.2 Å². The summed E-state index contributed by atoms with van der Waals surface area (Å²) in [5.41, 5.74) is 1.02. The number of methoxy groups -OCH3 is 1. The minimum atomic E-state index is 0.609. The molecule has 1 aromatic heterocycles. The summed E-state index contributed by atoms with van der Waals surface area (Å²) in [6.45, 7) is 0.631. The van der Waals surface area contributed by atoms with Crippen molar-refractivity contribution < 1.29 is 4.74 Å². The summed E-state index contributed by atoms with van der Waals surface area (Å²) in [7, 11) is 1.67. The Morgan fingerprint density at radius 3 is 2.81 bits per heavy atom. The molecule has 0 saturated carbocycles. The normalized spacial score (nSPS) is 10.6. The summed E-state index contributed by atoms with van der Waals surface area (Å²) in [6, 6.07) is 9.93. The van der Waals surface area contributed by atoms with Crippen LogP contribution in [0.5, 0.6) is 0 Å². The van der Waals surface area contributed by atoms with E-state index in [0.717, 1.165) is 17.9 Å². The highest BCUT2D eigenvalue weighted by Crippen LogP contribution is 2.10. The number of nitrogens with zero attached hydrogens (tertiary/aromatic N) is 2. The lowest BCUT2D eigenvalue weighted by molar-refractivity contribution is 0.200. The molecule has 1 N–H and O–H groups in total. The zero-order valence-electron chi connectivity index (χ0n) is 9.01. The Bertz CT molecular complexity index is 503. The quantitative estimate of drug-likeness (QED) is 0.825. The summed E-state index contributed by atoms with van der Waals surface area (Å²) in [6.07, 6.45) is 0.735. The van der Waals surface area contributed by atoms with Gasteiger partial charge in [0.15, 0.2) is 4.77 Å². The fourth-order valence-corrected chi connectivity index (χ4v) is 1.79. The predicted molar refractivity (Wildman–Crippen MR) is 64.3 cm³/mol. The molecule has 0 aliphatic carbocycles. The van der Waals surface area contributed by atoms with Crippen molar-refractivity contribution in [2.45, 2.75) is 6.42 Å². The highest BCUT2D eigenvalue weighted by Gasteiger charge is 2.06. The number of hydrogen-bond acceptors (Lipinski definition) is 3. The monoisotopic (exact) mass is 235 g/mol. The van der Waals surface area contributed by atoms with Gasteiger partial charge in [0.2, 0.25) is 0 Å². The van der Waals surface area contributed by atoms with Crippen LogP contribution < -0.4 is 0 Å². The van der Waals surface area contributed by atoms with Crippen molar-refractivity contribution in [3.05, 3.63) is 40.9 Å². The van der Waals surface area contributed by atoms with Crippen LogP contribution in [0.3, 0.4) is 0 Å². The van der Waals surface area contributed by atoms with Crippen LogP contribution in [0.25, 0.3) is 5.69 Å². The number of benzene rings is 1. The van der Waals surface area contributed by atoms with Gasteiger partial charge in [0, 0.05) is 19.2 Å². The van der Waals surface area contributed by atoms with Crippen LogP contribution in [0.1, 0.15) is 5.82 Å². The van der Waals surface area contributed by atoms with Gasteiger partial charge in [-0.3, -0.25) is 9.67 Å². The molecule has 0 aliphatic heterocycles. The van der Waals surface area contributed by atoms with E-state index in [-0.39, 0.29) is 0 Å². The Morgan fingerprint density at radius 1 is 1.38 bits per heavy atom. The Kier molecular flexibility index (Phi) is 3.48. The third-order valence-corrected chi connectivity index (χ3v) is 2.56. The van der Waals surface area contributed by atoms with Crippen LogP contribution in [0.15, 0.2) is 30.3 Å². The summed E-state index contributed by atoms with van der Waals surface area (Å²) in [4.78, 5) is 0. The second kappa shape index (κ2) is 5.05. The van der Waals surface area contributed by atoms with Crippen molar-refractivity contribution in [3.8, 4) is 5.69 Å². The summed E-state index contributed by atoms with van der Waals surface area (Å²) >= 11 is 5.21. The van der Waals surface area contributed by atoms with Crippen LogP contribution in [0.2, 0.25) is 0 Å². The average molecular weight is 235 g/mol. The van der Waals surface area contributed by atoms with Gasteiger partial charge < -0.3 is 4.74 Å². The molecule has 0 amide bonds. The van der Waals surface area contributed by atoms with Gasteiger partial charge in [-0.25, -0.2) is 0 Å². The lowest BCUT2D eigenvalue weighted by Crippen LogP contribution is -2.04. The first-order chi connectivity index (χ1) is 7.83. The lowest BCUT2D eigenvalue weighted by atomic mass is 10.3. The highest BCUT2D eigenvalue weighted by molar-refractivity contribution is 7.71. The molecule has 0 radical (unpaired) electrons. The molecule has 84 valence electrons. The SMILES string of the molecule is COCCc1n[nH]c(=S)n1-c1ccccc1. The second-order valence-corrected chi connectivity index (χ2v) is 3.75. The molecule has 16 heavy (non-hydrogen) atoms. The Hall–Kier alpha value is -1.46. The Labute approximate surface area is 98.9 Å². The van der Waals surface area contributed by atoms with E-state index in [1.165, 1.54) is 0 Å². The molecule has 0 fully saturated rings. The molecule has 0 atom stereocenters. The Morgan fingerprint density at radius 2 is 2.12 bits per heavy atom. The van der Waals surface area contributed by atoms with E-state index >= 15 is 0 Å². The molecule has 2 rings (SSSR count). The van der Waals surface area contributed by atoms with Crippen LogP contribution in [0.4, 0.5) is 0 Å². The van der Waals surface area contributed by atoms with E-state index in [0.29, 0.717) is 11.4 Å². The standard InChI is InChI=1S/C11H13N3OS/c1-15-8-7-10-12-13-11(16)14(10)9-5-3-2-4-6-9/h2-6H,7-8H2,1H3,(H,13,16). The minimum absolute atomic E-state index is 0.609. The molecule has 4 nitrogen and oxygen atoms in total. The number of nitrogens with one attached hydrogen (secondary N) is 1. The molecule has 5 heteroatoms. The van der Waals surface area contributed by atoms with Crippen molar-refractivity contribution in [2.75, 3.05) is 13.7 Å². The zero-order chi connectivity index (χ0) is 11.4. The number of aromatic nitrogens is 3. The molecule has 0 bridgehead atoms. The van der Waals surface area contributed by atoms with Crippen LogP contribution in [0, 0.1) is 4.77 Å². The summed E-state index contributed by atoms with van der Waals surface area (Å²) in [5, 5.41) is 7.00. The average Bonchev–Trinajstić information content (AvgIpc) is 2.69. The molecular weight excluding hydrogens is 222 g/mol. The van der Waals surface area contributed by atoms with E-state index in [2.05, 4.69) is 10.2 Å². The van der Waals surface area contributed by atoms with E-state index in [1.807, 2.05) is 34.9 Å². The molecule has 0 saturated heterocycles. The van der Waals surface area contributed by atoms with Gasteiger partial charge in [-0.05, 0) is 24.4 Å². The minimum Gasteiger partial charge on any atom is -0.384 e. The maximum absolute atomic E-state index is 5.21. The van der Waals surface area contributed by atoms with Gasteiger partial charge in [0.1, 0.15) is 5.82 Å². The van der Waals surface area contributed by atoms with Crippen LogP contribution in [-0.2, 0) is 11.2 Å². The number of ether oxygens (including phenoxy) is 1. The Balaban J connectivity index is 2.40. The first kappa shape index (κ1) is 11.0. The van der Waals surface area contributed by atoms with Crippen molar-refractivity contribution >= 4 is 12.2 Å². The number of para-hydroxylation sites is 1. The van der Waals surface area contributed by atoms with E-state index in [9.17, 15) is 0 Å². The van der Waals surface area contributed by atoms with Gasteiger partial charge in [-0.1, -0.05) is 18.2 Å². The first-order valence-electron chi connectivity index (χ1n) is 5.03. The van der Waals surface area contributed by atoms with Crippen molar-refractivity contribution in [2.24, 2.45) is 0 Å². The first-order valence-corrected chi connectivity index (χ1v) is 5.44.